The number of hydrogen-bond donors (Lipinski definition) is 0. The second kappa shape index (κ2) is 11.7. The Kier molecular flexibility index (Phi) is 6.32. The largest absolute Gasteiger partial charge is 0.456 e. The molecular formula is C51H30N6O. The maximum absolute atomic E-state index is 6.38. The van der Waals surface area contributed by atoms with Gasteiger partial charge in [-0.15, -0.1) is 0 Å². The Labute approximate surface area is 330 Å². The van der Waals surface area contributed by atoms with Crippen molar-refractivity contribution in [3.8, 4) is 29.0 Å². The molecule has 0 N–H and O–H groups in total. The summed E-state index contributed by atoms with van der Waals surface area (Å²) in [5.74, 6) is 1.62. The highest BCUT2D eigenvalue weighted by molar-refractivity contribution is 6.28. The zero-order valence-corrected chi connectivity index (χ0v) is 30.9. The lowest BCUT2D eigenvalue weighted by atomic mass is 10.1. The van der Waals surface area contributed by atoms with E-state index in [-0.39, 0.29) is 0 Å². The third kappa shape index (κ3) is 4.30. The van der Waals surface area contributed by atoms with Crippen molar-refractivity contribution in [2.75, 3.05) is 0 Å². The van der Waals surface area contributed by atoms with Gasteiger partial charge in [0.15, 0.2) is 5.82 Å². The van der Waals surface area contributed by atoms with E-state index in [1.165, 1.54) is 10.8 Å². The van der Waals surface area contributed by atoms with Crippen LogP contribution in [-0.4, -0.2) is 28.7 Å². The first-order chi connectivity index (χ1) is 28.8. The summed E-state index contributed by atoms with van der Waals surface area (Å²) in [6, 6.07) is 63.7. The molecule has 0 bridgehead atoms. The summed E-state index contributed by atoms with van der Waals surface area (Å²) in [6.45, 7) is 0. The van der Waals surface area contributed by atoms with E-state index < -0.39 is 0 Å². The van der Waals surface area contributed by atoms with Crippen molar-refractivity contribution in [1.82, 2.24) is 28.7 Å². The van der Waals surface area contributed by atoms with Gasteiger partial charge in [-0.2, -0.15) is 15.0 Å². The van der Waals surface area contributed by atoms with Gasteiger partial charge < -0.3 is 8.98 Å². The topological polar surface area (TPSA) is 66.6 Å². The van der Waals surface area contributed by atoms with Crippen LogP contribution in [-0.2, 0) is 0 Å². The van der Waals surface area contributed by atoms with E-state index in [0.717, 1.165) is 87.8 Å². The zero-order valence-electron chi connectivity index (χ0n) is 30.9. The average molecular weight is 743 g/mol. The molecule has 0 radical (unpaired) electrons. The molecular weight excluding hydrogens is 713 g/mol. The van der Waals surface area contributed by atoms with Crippen LogP contribution in [0.2, 0.25) is 0 Å². The van der Waals surface area contributed by atoms with Crippen LogP contribution in [0.5, 0.6) is 0 Å². The molecule has 5 heterocycles. The molecule has 0 saturated carbocycles. The maximum Gasteiger partial charge on any atom is 0.240 e. The van der Waals surface area contributed by atoms with E-state index in [1.54, 1.807) is 0 Å². The summed E-state index contributed by atoms with van der Waals surface area (Å²) >= 11 is 0. The lowest BCUT2D eigenvalue weighted by Gasteiger charge is -2.13. The Morgan fingerprint density at radius 1 is 0.328 bits per heavy atom. The molecule has 13 rings (SSSR count). The molecule has 13 aromatic rings. The molecule has 0 unspecified atom stereocenters. The van der Waals surface area contributed by atoms with Gasteiger partial charge in [-0.05, 0) is 66.7 Å². The lowest BCUT2D eigenvalue weighted by molar-refractivity contribution is 0.669. The molecule has 0 saturated heterocycles. The zero-order chi connectivity index (χ0) is 37.9. The highest BCUT2D eigenvalue weighted by atomic mass is 16.3. The summed E-state index contributed by atoms with van der Waals surface area (Å²) in [4.78, 5) is 16.1. The molecule has 0 amide bonds. The van der Waals surface area contributed by atoms with Crippen LogP contribution in [0.15, 0.2) is 186 Å². The molecule has 270 valence electrons. The van der Waals surface area contributed by atoms with Gasteiger partial charge in [-0.25, -0.2) is 0 Å². The Morgan fingerprint density at radius 2 is 0.793 bits per heavy atom. The summed E-state index contributed by atoms with van der Waals surface area (Å²) in [5, 5.41) is 9.08. The van der Waals surface area contributed by atoms with Crippen molar-refractivity contribution < 1.29 is 4.42 Å². The molecule has 8 aromatic carbocycles. The van der Waals surface area contributed by atoms with Gasteiger partial charge in [0.25, 0.3) is 0 Å². The Hall–Kier alpha value is -8.03. The third-order valence-electron chi connectivity index (χ3n) is 11.7. The minimum absolute atomic E-state index is 0.531. The molecule has 0 spiro atoms. The van der Waals surface area contributed by atoms with E-state index in [1.807, 2.05) is 18.2 Å². The van der Waals surface area contributed by atoms with Crippen molar-refractivity contribution in [2.45, 2.75) is 0 Å². The number of hydrogen-bond acceptors (Lipinski definition) is 4. The molecule has 7 nitrogen and oxygen atoms in total. The van der Waals surface area contributed by atoms with Crippen molar-refractivity contribution in [3.05, 3.63) is 182 Å². The highest BCUT2D eigenvalue weighted by Crippen LogP contribution is 2.42. The Bertz CT molecular complexity index is 3760. The summed E-state index contributed by atoms with van der Waals surface area (Å²) < 4.78 is 13.1. The molecule has 0 aliphatic rings. The smallest absolute Gasteiger partial charge is 0.240 e. The predicted molar refractivity (Wildman–Crippen MR) is 236 cm³/mol. The second-order valence-corrected chi connectivity index (χ2v) is 14.8. The van der Waals surface area contributed by atoms with Crippen LogP contribution in [0.3, 0.4) is 0 Å². The van der Waals surface area contributed by atoms with E-state index in [9.17, 15) is 0 Å². The van der Waals surface area contributed by atoms with Crippen molar-refractivity contribution in [1.29, 1.82) is 0 Å². The monoisotopic (exact) mass is 742 g/mol. The highest BCUT2D eigenvalue weighted by Gasteiger charge is 2.24. The third-order valence-corrected chi connectivity index (χ3v) is 11.7. The fraction of sp³-hybridized carbons (Fsp3) is 0. The van der Waals surface area contributed by atoms with E-state index in [2.05, 4.69) is 177 Å². The van der Waals surface area contributed by atoms with Gasteiger partial charge in [-0.3, -0.25) is 9.13 Å². The minimum atomic E-state index is 0.531. The number of rotatable bonds is 4. The molecule has 0 atom stereocenters. The normalized spacial score (nSPS) is 12.1. The van der Waals surface area contributed by atoms with Crippen LogP contribution >= 0.6 is 0 Å². The van der Waals surface area contributed by atoms with Gasteiger partial charge in [0, 0.05) is 54.3 Å². The van der Waals surface area contributed by atoms with Crippen LogP contribution in [0.4, 0.5) is 0 Å². The van der Waals surface area contributed by atoms with Gasteiger partial charge >= 0.3 is 0 Å². The number of fused-ring (bicyclic) bond motifs is 13. The van der Waals surface area contributed by atoms with Gasteiger partial charge in [-0.1, -0.05) is 115 Å². The van der Waals surface area contributed by atoms with Crippen LogP contribution in [0.25, 0.3) is 116 Å². The van der Waals surface area contributed by atoms with Crippen LogP contribution in [0, 0.1) is 0 Å². The quantitative estimate of drug-likeness (QED) is 0.180. The fourth-order valence-corrected chi connectivity index (χ4v) is 9.27. The van der Waals surface area contributed by atoms with Gasteiger partial charge in [0.2, 0.25) is 11.9 Å². The standard InChI is InChI=1S/C51H30N6O/c1-2-14-32(15-3-1)55-41-23-11-6-19-37(41)47-43(55)28-29-44-48(47)38-20-7-12-24-42(38)57(44)51-53-49(31-26-27-36-35-18-8-13-25-45(35)58-46(36)30-31)52-50(54-51)56-39-21-9-4-16-33(39)34-17-5-10-22-40(34)56/h1-30H. The number of para-hydroxylation sites is 6. The number of nitrogens with zero attached hydrogens (tertiary/aromatic N) is 6. The maximum atomic E-state index is 6.38. The average Bonchev–Trinajstić information content (AvgIpc) is 4.02. The Morgan fingerprint density at radius 3 is 1.43 bits per heavy atom. The summed E-state index contributed by atoms with van der Waals surface area (Å²) in [5.41, 5.74) is 9.98. The van der Waals surface area contributed by atoms with E-state index in [4.69, 9.17) is 19.4 Å². The van der Waals surface area contributed by atoms with Gasteiger partial charge in [0.1, 0.15) is 11.2 Å². The van der Waals surface area contributed by atoms with Crippen molar-refractivity contribution >= 4 is 87.4 Å². The van der Waals surface area contributed by atoms with Crippen molar-refractivity contribution in [3.63, 3.8) is 0 Å². The molecule has 0 fully saturated rings. The molecule has 7 heteroatoms. The SMILES string of the molecule is c1ccc(-n2c3ccccc3c3c4c5ccccc5n(-c5nc(-c6ccc7c(c6)oc6ccccc67)nc(-n6c7ccccc7c7ccccc76)n5)c4ccc32)cc1. The van der Waals surface area contributed by atoms with Crippen molar-refractivity contribution in [2.24, 2.45) is 0 Å². The fourth-order valence-electron chi connectivity index (χ4n) is 9.27. The lowest BCUT2D eigenvalue weighted by Crippen LogP contribution is -2.10. The summed E-state index contributed by atoms with van der Waals surface area (Å²) in [6.07, 6.45) is 0. The molecule has 5 aromatic heterocycles. The number of benzene rings is 8. The number of aromatic nitrogens is 6. The molecule has 0 aliphatic heterocycles. The Balaban J connectivity index is 1.14. The minimum Gasteiger partial charge on any atom is -0.456 e. The first kappa shape index (κ1) is 31.2. The summed E-state index contributed by atoms with van der Waals surface area (Å²) in [7, 11) is 0. The van der Waals surface area contributed by atoms with E-state index >= 15 is 0 Å². The molecule has 0 aliphatic carbocycles. The van der Waals surface area contributed by atoms with Gasteiger partial charge in [0.05, 0.1) is 33.1 Å². The first-order valence-corrected chi connectivity index (χ1v) is 19.5. The van der Waals surface area contributed by atoms with E-state index in [0.29, 0.717) is 17.7 Å². The second-order valence-electron chi connectivity index (χ2n) is 14.8. The van der Waals surface area contributed by atoms with Crippen LogP contribution < -0.4 is 0 Å². The first-order valence-electron chi connectivity index (χ1n) is 19.5. The number of furan rings is 1. The predicted octanol–water partition coefficient (Wildman–Crippen LogP) is 12.7. The van der Waals surface area contributed by atoms with Crippen LogP contribution in [0.1, 0.15) is 0 Å². The molecule has 58 heavy (non-hydrogen) atoms.